The molecule has 0 radical (unpaired) electrons. The Hall–Kier alpha value is -1.42. The summed E-state index contributed by atoms with van der Waals surface area (Å²) in [7, 11) is 0. The van der Waals surface area contributed by atoms with Gasteiger partial charge in [-0.25, -0.2) is 4.39 Å². The van der Waals surface area contributed by atoms with Gasteiger partial charge in [-0.3, -0.25) is 4.79 Å². The van der Waals surface area contributed by atoms with E-state index in [0.717, 1.165) is 0 Å². The SMILES string of the molecule is CC(C)C(C(=O)O)C(C)(O)c1ccc(F)cc1. The topological polar surface area (TPSA) is 57.5 Å². The standard InChI is InChI=1S/C13H17FO3/c1-8(2)11(12(15)16)13(3,17)9-4-6-10(14)7-5-9/h4-8,11,17H,1-3H3,(H,15,16). The van der Waals surface area contributed by atoms with Crippen molar-refractivity contribution in [2.24, 2.45) is 11.8 Å². The van der Waals surface area contributed by atoms with Crippen molar-refractivity contribution in [2.45, 2.75) is 26.4 Å². The van der Waals surface area contributed by atoms with E-state index in [1.54, 1.807) is 13.8 Å². The van der Waals surface area contributed by atoms with Gasteiger partial charge in [0.25, 0.3) is 0 Å². The number of aliphatic hydroxyl groups is 1. The average molecular weight is 240 g/mol. The first-order valence-corrected chi connectivity index (χ1v) is 5.48. The average Bonchev–Trinajstić information content (AvgIpc) is 2.16. The molecule has 0 heterocycles. The summed E-state index contributed by atoms with van der Waals surface area (Å²) < 4.78 is 12.8. The largest absolute Gasteiger partial charge is 0.481 e. The molecule has 0 saturated carbocycles. The zero-order valence-corrected chi connectivity index (χ0v) is 10.1. The maximum absolute atomic E-state index is 12.8. The Morgan fingerprint density at radius 3 is 2.12 bits per heavy atom. The number of carboxylic acids is 1. The van der Waals surface area contributed by atoms with Crippen molar-refractivity contribution in [1.82, 2.24) is 0 Å². The predicted molar refractivity (Wildman–Crippen MR) is 61.9 cm³/mol. The highest BCUT2D eigenvalue weighted by molar-refractivity contribution is 5.72. The van der Waals surface area contributed by atoms with Crippen LogP contribution in [0.5, 0.6) is 0 Å². The molecule has 0 bridgehead atoms. The van der Waals surface area contributed by atoms with Crippen molar-refractivity contribution in [3.63, 3.8) is 0 Å². The molecule has 0 aliphatic rings. The van der Waals surface area contributed by atoms with Crippen LogP contribution in [0.4, 0.5) is 4.39 Å². The van der Waals surface area contributed by atoms with E-state index < -0.39 is 23.3 Å². The summed E-state index contributed by atoms with van der Waals surface area (Å²) in [5, 5.41) is 19.5. The third-order valence-electron chi connectivity index (χ3n) is 2.97. The third-order valence-corrected chi connectivity index (χ3v) is 2.97. The van der Waals surface area contributed by atoms with Gasteiger partial charge >= 0.3 is 5.97 Å². The lowest BCUT2D eigenvalue weighted by atomic mass is 9.76. The summed E-state index contributed by atoms with van der Waals surface area (Å²) in [6, 6.07) is 5.24. The second-order valence-corrected chi connectivity index (χ2v) is 4.71. The van der Waals surface area contributed by atoms with Gasteiger partial charge in [-0.1, -0.05) is 26.0 Å². The first kappa shape index (κ1) is 13.6. The molecule has 0 spiro atoms. The summed E-state index contributed by atoms with van der Waals surface area (Å²) in [5.74, 6) is -2.64. The van der Waals surface area contributed by atoms with E-state index in [2.05, 4.69) is 0 Å². The van der Waals surface area contributed by atoms with E-state index in [1.807, 2.05) is 0 Å². The van der Waals surface area contributed by atoms with Crippen LogP contribution in [0.25, 0.3) is 0 Å². The highest BCUT2D eigenvalue weighted by Gasteiger charge is 2.40. The van der Waals surface area contributed by atoms with Crippen LogP contribution in [-0.4, -0.2) is 16.2 Å². The van der Waals surface area contributed by atoms with Gasteiger partial charge < -0.3 is 10.2 Å². The van der Waals surface area contributed by atoms with Crippen LogP contribution >= 0.6 is 0 Å². The number of carboxylic acid groups (broad SMARTS) is 1. The number of halogens is 1. The molecule has 4 heteroatoms. The molecule has 0 amide bonds. The lowest BCUT2D eigenvalue weighted by Crippen LogP contribution is -2.40. The van der Waals surface area contributed by atoms with E-state index >= 15 is 0 Å². The lowest BCUT2D eigenvalue weighted by molar-refractivity contribution is -0.155. The minimum atomic E-state index is -1.52. The van der Waals surface area contributed by atoms with Crippen LogP contribution in [0.15, 0.2) is 24.3 Å². The van der Waals surface area contributed by atoms with Crippen LogP contribution in [-0.2, 0) is 10.4 Å². The first-order chi connectivity index (χ1) is 7.76. The summed E-state index contributed by atoms with van der Waals surface area (Å²) in [4.78, 5) is 11.2. The molecule has 17 heavy (non-hydrogen) atoms. The van der Waals surface area contributed by atoms with Crippen LogP contribution in [0.1, 0.15) is 26.3 Å². The molecule has 2 atom stereocenters. The fourth-order valence-corrected chi connectivity index (χ4v) is 2.14. The normalized spacial score (nSPS) is 16.6. The molecule has 0 saturated heterocycles. The molecular formula is C13H17FO3. The molecule has 2 N–H and O–H groups in total. The van der Waals surface area contributed by atoms with Gasteiger partial charge in [0.1, 0.15) is 11.4 Å². The number of benzene rings is 1. The fourth-order valence-electron chi connectivity index (χ4n) is 2.14. The molecule has 0 aromatic heterocycles. The number of aliphatic carboxylic acids is 1. The third kappa shape index (κ3) is 2.82. The van der Waals surface area contributed by atoms with Crippen molar-refractivity contribution in [3.05, 3.63) is 35.6 Å². The quantitative estimate of drug-likeness (QED) is 0.849. The van der Waals surface area contributed by atoms with Crippen molar-refractivity contribution in [3.8, 4) is 0 Å². The van der Waals surface area contributed by atoms with Crippen molar-refractivity contribution in [2.75, 3.05) is 0 Å². The molecule has 3 nitrogen and oxygen atoms in total. The number of carbonyl (C=O) groups is 1. The Morgan fingerprint density at radius 1 is 1.29 bits per heavy atom. The van der Waals surface area contributed by atoms with E-state index in [9.17, 15) is 14.3 Å². The number of hydrogen-bond acceptors (Lipinski definition) is 2. The predicted octanol–water partition coefficient (Wildman–Crippen LogP) is 2.39. The lowest BCUT2D eigenvalue weighted by Gasteiger charge is -2.33. The second-order valence-electron chi connectivity index (χ2n) is 4.71. The minimum absolute atomic E-state index is 0.229. The summed E-state index contributed by atoms with van der Waals surface area (Å²) in [5.41, 5.74) is -1.12. The minimum Gasteiger partial charge on any atom is -0.481 e. The van der Waals surface area contributed by atoms with Crippen molar-refractivity contribution < 1.29 is 19.4 Å². The van der Waals surface area contributed by atoms with Crippen LogP contribution in [0.2, 0.25) is 0 Å². The maximum atomic E-state index is 12.8. The molecule has 0 aliphatic heterocycles. The zero-order chi connectivity index (χ0) is 13.2. The van der Waals surface area contributed by atoms with Crippen LogP contribution < -0.4 is 0 Å². The second kappa shape index (κ2) is 4.84. The molecule has 1 aromatic rings. The van der Waals surface area contributed by atoms with Gasteiger partial charge in [0.15, 0.2) is 0 Å². The molecule has 0 aliphatic carbocycles. The molecule has 2 unspecified atom stereocenters. The zero-order valence-electron chi connectivity index (χ0n) is 10.1. The smallest absolute Gasteiger partial charge is 0.310 e. The maximum Gasteiger partial charge on any atom is 0.310 e. The van der Waals surface area contributed by atoms with E-state index in [-0.39, 0.29) is 5.92 Å². The highest BCUT2D eigenvalue weighted by Crippen LogP contribution is 2.34. The van der Waals surface area contributed by atoms with E-state index in [4.69, 9.17) is 5.11 Å². The summed E-state index contributed by atoms with van der Waals surface area (Å²) >= 11 is 0. The van der Waals surface area contributed by atoms with Gasteiger partial charge in [-0.05, 0) is 30.5 Å². The van der Waals surface area contributed by atoms with Crippen molar-refractivity contribution in [1.29, 1.82) is 0 Å². The van der Waals surface area contributed by atoms with Gasteiger partial charge in [0, 0.05) is 0 Å². The highest BCUT2D eigenvalue weighted by atomic mass is 19.1. The van der Waals surface area contributed by atoms with E-state index in [0.29, 0.717) is 5.56 Å². The number of hydrogen-bond donors (Lipinski definition) is 2. The Kier molecular flexibility index (Phi) is 3.88. The van der Waals surface area contributed by atoms with Gasteiger partial charge in [-0.15, -0.1) is 0 Å². The summed E-state index contributed by atoms with van der Waals surface area (Å²) in [6.07, 6.45) is 0. The Bertz CT molecular complexity index is 396. The van der Waals surface area contributed by atoms with E-state index in [1.165, 1.54) is 31.2 Å². The Balaban J connectivity index is 3.15. The fraction of sp³-hybridized carbons (Fsp3) is 0.462. The van der Waals surface area contributed by atoms with Gasteiger partial charge in [0.05, 0.1) is 5.92 Å². The van der Waals surface area contributed by atoms with Crippen LogP contribution in [0, 0.1) is 17.7 Å². The van der Waals surface area contributed by atoms with Crippen LogP contribution in [0.3, 0.4) is 0 Å². The van der Waals surface area contributed by atoms with Gasteiger partial charge in [0.2, 0.25) is 0 Å². The van der Waals surface area contributed by atoms with Crippen molar-refractivity contribution >= 4 is 5.97 Å². The first-order valence-electron chi connectivity index (χ1n) is 5.48. The summed E-state index contributed by atoms with van der Waals surface area (Å²) in [6.45, 7) is 4.91. The number of rotatable bonds is 4. The molecular weight excluding hydrogens is 223 g/mol. The monoisotopic (exact) mass is 240 g/mol. The van der Waals surface area contributed by atoms with Gasteiger partial charge in [-0.2, -0.15) is 0 Å². The Morgan fingerprint density at radius 2 is 1.76 bits per heavy atom. The molecule has 0 fully saturated rings. The molecule has 1 aromatic carbocycles. The molecule has 94 valence electrons. The Labute approximate surface area is 99.9 Å². The molecule has 1 rings (SSSR count).